The first kappa shape index (κ1) is 16.2. The van der Waals surface area contributed by atoms with E-state index in [2.05, 4.69) is 26.1 Å². The zero-order valence-corrected chi connectivity index (χ0v) is 13.0. The van der Waals surface area contributed by atoms with Crippen molar-refractivity contribution in [2.45, 2.75) is 38.9 Å². The molecule has 1 aromatic carbocycles. The second-order valence-corrected chi connectivity index (χ2v) is 6.49. The maximum absolute atomic E-state index is 14.4. The average molecular weight is 296 g/mol. The highest BCUT2D eigenvalue weighted by Crippen LogP contribution is 2.24. The van der Waals surface area contributed by atoms with Crippen molar-refractivity contribution in [1.29, 1.82) is 0 Å². The van der Waals surface area contributed by atoms with Gasteiger partial charge in [-0.15, -0.1) is 0 Å². The summed E-state index contributed by atoms with van der Waals surface area (Å²) in [4.78, 5) is 1.89. The summed E-state index contributed by atoms with van der Waals surface area (Å²) >= 11 is 0. The van der Waals surface area contributed by atoms with Crippen LogP contribution < -0.4 is 10.2 Å². The topological polar surface area (TPSA) is 44.7 Å². The van der Waals surface area contributed by atoms with Crippen LogP contribution in [-0.2, 0) is 11.3 Å². The van der Waals surface area contributed by atoms with E-state index in [1.807, 2.05) is 11.0 Å². The Hall–Kier alpha value is -1.17. The number of hydrogen-bond acceptors (Lipinski definition) is 4. The molecule has 21 heavy (non-hydrogen) atoms. The summed E-state index contributed by atoms with van der Waals surface area (Å²) in [5.41, 5.74) is 1.46. The number of benzene rings is 1. The molecule has 2 N–H and O–H groups in total. The minimum Gasteiger partial charge on any atom is -0.394 e. The molecule has 0 radical (unpaired) electrons. The van der Waals surface area contributed by atoms with Crippen LogP contribution in [0.2, 0.25) is 0 Å². The van der Waals surface area contributed by atoms with Gasteiger partial charge in [-0.2, -0.15) is 0 Å². The van der Waals surface area contributed by atoms with Crippen molar-refractivity contribution in [1.82, 2.24) is 5.32 Å². The molecular weight excluding hydrogens is 271 g/mol. The van der Waals surface area contributed by atoms with Crippen molar-refractivity contribution < 1.29 is 14.2 Å². The van der Waals surface area contributed by atoms with E-state index in [1.165, 1.54) is 0 Å². The Morgan fingerprint density at radius 1 is 1.43 bits per heavy atom. The number of aliphatic hydroxyl groups excluding tert-OH is 1. The maximum Gasteiger partial charge on any atom is 0.146 e. The highest BCUT2D eigenvalue weighted by Gasteiger charge is 2.24. The molecule has 1 unspecified atom stereocenters. The van der Waals surface area contributed by atoms with Crippen molar-refractivity contribution in [2.24, 2.45) is 0 Å². The quantitative estimate of drug-likeness (QED) is 0.891. The van der Waals surface area contributed by atoms with Gasteiger partial charge in [0.15, 0.2) is 0 Å². The van der Waals surface area contributed by atoms with Gasteiger partial charge in [-0.3, -0.25) is 0 Å². The fourth-order valence-corrected chi connectivity index (χ4v) is 2.38. The number of aliphatic hydroxyl groups is 1. The Morgan fingerprint density at radius 3 is 2.81 bits per heavy atom. The molecule has 5 heteroatoms. The lowest BCUT2D eigenvalue weighted by molar-refractivity contribution is 0.0723. The van der Waals surface area contributed by atoms with Crippen molar-refractivity contribution in [3.63, 3.8) is 0 Å². The molecule has 0 amide bonds. The molecule has 1 fully saturated rings. The summed E-state index contributed by atoms with van der Waals surface area (Å²) in [5, 5.41) is 12.7. The summed E-state index contributed by atoms with van der Waals surface area (Å²) < 4.78 is 19.7. The van der Waals surface area contributed by atoms with Gasteiger partial charge in [0.25, 0.3) is 0 Å². The van der Waals surface area contributed by atoms with Crippen LogP contribution in [-0.4, -0.2) is 43.1 Å². The van der Waals surface area contributed by atoms with Gasteiger partial charge in [-0.05, 0) is 38.5 Å². The van der Waals surface area contributed by atoms with Crippen LogP contribution in [0.3, 0.4) is 0 Å². The average Bonchev–Trinajstić information content (AvgIpc) is 2.44. The molecule has 1 aromatic rings. The van der Waals surface area contributed by atoms with E-state index < -0.39 is 0 Å². The van der Waals surface area contributed by atoms with E-state index in [0.29, 0.717) is 32.0 Å². The zero-order valence-electron chi connectivity index (χ0n) is 13.0. The number of nitrogens with zero attached hydrogens (tertiary/aromatic N) is 1. The summed E-state index contributed by atoms with van der Waals surface area (Å²) in [7, 11) is 0. The lowest BCUT2D eigenvalue weighted by Gasteiger charge is -2.36. The standard InChI is InChI=1S/C16H25FN2O2/c1-16(2,3)18-9-12-4-5-15(14(17)8-12)19-6-7-21-11-13(19)10-20/h4-5,8,13,18,20H,6-7,9-11H2,1-3H3. The van der Waals surface area contributed by atoms with E-state index in [4.69, 9.17) is 4.74 Å². The lowest BCUT2D eigenvalue weighted by atomic mass is 10.1. The van der Waals surface area contributed by atoms with Gasteiger partial charge in [-0.25, -0.2) is 4.39 Å². The van der Waals surface area contributed by atoms with Gasteiger partial charge in [0.2, 0.25) is 0 Å². The number of anilines is 1. The van der Waals surface area contributed by atoms with Crippen molar-refractivity contribution in [3.05, 3.63) is 29.6 Å². The number of morpholine rings is 1. The maximum atomic E-state index is 14.4. The van der Waals surface area contributed by atoms with Crippen molar-refractivity contribution in [3.8, 4) is 0 Å². The monoisotopic (exact) mass is 296 g/mol. The van der Waals surface area contributed by atoms with Crippen molar-refractivity contribution in [2.75, 3.05) is 31.3 Å². The molecule has 118 valence electrons. The molecule has 0 saturated carbocycles. The van der Waals surface area contributed by atoms with E-state index in [9.17, 15) is 9.50 Å². The first-order chi connectivity index (χ1) is 9.90. The lowest BCUT2D eigenvalue weighted by Crippen LogP contribution is -2.48. The zero-order chi connectivity index (χ0) is 15.5. The van der Waals surface area contributed by atoms with E-state index in [0.717, 1.165) is 5.56 Å². The van der Waals surface area contributed by atoms with Crippen LogP contribution in [0.4, 0.5) is 10.1 Å². The van der Waals surface area contributed by atoms with E-state index in [1.54, 1.807) is 12.1 Å². The third kappa shape index (κ3) is 4.40. The third-order valence-corrected chi connectivity index (χ3v) is 3.58. The predicted molar refractivity (Wildman–Crippen MR) is 82.0 cm³/mol. The Morgan fingerprint density at radius 2 is 2.19 bits per heavy atom. The Kier molecular flexibility index (Phi) is 5.19. The van der Waals surface area contributed by atoms with Crippen LogP contribution in [0.5, 0.6) is 0 Å². The highest BCUT2D eigenvalue weighted by atomic mass is 19.1. The minimum atomic E-state index is -0.247. The predicted octanol–water partition coefficient (Wildman–Crippen LogP) is 1.91. The van der Waals surface area contributed by atoms with Gasteiger partial charge < -0.3 is 20.1 Å². The highest BCUT2D eigenvalue weighted by molar-refractivity contribution is 5.50. The second kappa shape index (κ2) is 6.73. The van der Waals surface area contributed by atoms with Gasteiger partial charge in [0.1, 0.15) is 5.82 Å². The van der Waals surface area contributed by atoms with Gasteiger partial charge in [-0.1, -0.05) is 6.07 Å². The molecule has 1 aliphatic rings. The Balaban J connectivity index is 2.11. The summed E-state index contributed by atoms with van der Waals surface area (Å²) in [6.45, 7) is 8.43. The molecule has 0 aromatic heterocycles. The number of ether oxygens (including phenoxy) is 1. The Bertz CT molecular complexity index is 474. The smallest absolute Gasteiger partial charge is 0.146 e. The second-order valence-electron chi connectivity index (χ2n) is 6.49. The van der Waals surface area contributed by atoms with E-state index in [-0.39, 0.29) is 24.0 Å². The molecule has 0 spiro atoms. The molecule has 0 bridgehead atoms. The molecule has 1 atom stereocenters. The molecule has 1 saturated heterocycles. The minimum absolute atomic E-state index is 0.00133. The Labute approximate surface area is 125 Å². The van der Waals surface area contributed by atoms with Gasteiger partial charge in [0, 0.05) is 18.6 Å². The fraction of sp³-hybridized carbons (Fsp3) is 0.625. The van der Waals surface area contributed by atoms with Gasteiger partial charge >= 0.3 is 0 Å². The van der Waals surface area contributed by atoms with Crippen LogP contribution >= 0.6 is 0 Å². The number of nitrogens with one attached hydrogen (secondary N) is 1. The number of rotatable bonds is 4. The molecule has 0 aliphatic carbocycles. The van der Waals surface area contributed by atoms with E-state index >= 15 is 0 Å². The van der Waals surface area contributed by atoms with Crippen LogP contribution in [0.15, 0.2) is 18.2 Å². The molecule has 4 nitrogen and oxygen atoms in total. The number of halogens is 1. The largest absolute Gasteiger partial charge is 0.394 e. The molecular formula is C16H25FN2O2. The first-order valence-corrected chi connectivity index (χ1v) is 7.39. The SMILES string of the molecule is CC(C)(C)NCc1ccc(N2CCOCC2CO)c(F)c1. The van der Waals surface area contributed by atoms with Crippen LogP contribution in [0, 0.1) is 5.82 Å². The third-order valence-electron chi connectivity index (χ3n) is 3.58. The number of hydrogen-bond donors (Lipinski definition) is 2. The fourth-order valence-electron chi connectivity index (χ4n) is 2.38. The molecule has 2 rings (SSSR count). The first-order valence-electron chi connectivity index (χ1n) is 7.39. The van der Waals surface area contributed by atoms with Crippen LogP contribution in [0.1, 0.15) is 26.3 Å². The van der Waals surface area contributed by atoms with Gasteiger partial charge in [0.05, 0.1) is 31.5 Å². The van der Waals surface area contributed by atoms with Crippen LogP contribution in [0.25, 0.3) is 0 Å². The molecule has 1 heterocycles. The normalized spacial score (nSPS) is 19.9. The molecule has 1 aliphatic heterocycles. The summed E-state index contributed by atoms with van der Waals surface area (Å²) in [5.74, 6) is -0.247. The summed E-state index contributed by atoms with van der Waals surface area (Å²) in [6.07, 6.45) is 0. The van der Waals surface area contributed by atoms with Crippen molar-refractivity contribution >= 4 is 5.69 Å². The summed E-state index contributed by atoms with van der Waals surface area (Å²) in [6, 6.07) is 5.12.